The van der Waals surface area contributed by atoms with E-state index in [1.165, 1.54) is 6.07 Å². The molecule has 0 amide bonds. The lowest BCUT2D eigenvalue weighted by molar-refractivity contribution is -0.385. The molecule has 0 atom stereocenters. The minimum Gasteiger partial charge on any atom is -0.258 e. The van der Waals surface area contributed by atoms with Crippen molar-refractivity contribution in [1.82, 2.24) is 9.78 Å². The molecular formula is C10H9N3O2. The number of benzene rings is 1. The average Bonchev–Trinajstić information content (AvgIpc) is 2.70. The molecule has 0 N–H and O–H groups in total. The zero-order chi connectivity index (χ0) is 10.8. The Labute approximate surface area is 86.1 Å². The van der Waals surface area contributed by atoms with Gasteiger partial charge in [-0.1, -0.05) is 6.07 Å². The van der Waals surface area contributed by atoms with Gasteiger partial charge in [-0.05, 0) is 19.1 Å². The molecule has 1 heterocycles. The molecule has 0 aliphatic heterocycles. The van der Waals surface area contributed by atoms with E-state index in [4.69, 9.17) is 0 Å². The Kier molecular flexibility index (Phi) is 2.21. The quantitative estimate of drug-likeness (QED) is 0.554. The molecule has 0 saturated carbocycles. The third kappa shape index (κ3) is 1.59. The van der Waals surface area contributed by atoms with E-state index >= 15 is 0 Å². The van der Waals surface area contributed by atoms with Crippen LogP contribution >= 0.6 is 0 Å². The Hall–Kier alpha value is -2.17. The van der Waals surface area contributed by atoms with Crippen molar-refractivity contribution >= 4 is 5.69 Å². The Morgan fingerprint density at radius 1 is 1.40 bits per heavy atom. The largest absolute Gasteiger partial charge is 0.274 e. The Bertz CT molecular complexity index is 491. The fourth-order valence-corrected chi connectivity index (χ4v) is 1.47. The molecule has 2 rings (SSSR count). The number of nitro groups is 1. The van der Waals surface area contributed by atoms with Crippen molar-refractivity contribution in [2.24, 2.45) is 0 Å². The number of aromatic nitrogens is 2. The second-order valence-electron chi connectivity index (χ2n) is 3.13. The van der Waals surface area contributed by atoms with E-state index < -0.39 is 0 Å². The van der Waals surface area contributed by atoms with Crippen molar-refractivity contribution in [2.75, 3.05) is 0 Å². The molecule has 2 aromatic rings. The standard InChI is InChI=1S/C10H9N3O2/c1-8-9(12-7-3-6-11-12)4-2-5-10(8)13(14)15/h2-7H,1H3. The Balaban J connectivity index is 2.59. The van der Waals surface area contributed by atoms with E-state index in [0.29, 0.717) is 5.56 Å². The predicted molar refractivity (Wildman–Crippen MR) is 55.0 cm³/mol. The van der Waals surface area contributed by atoms with Crippen LogP contribution in [0.1, 0.15) is 5.56 Å². The van der Waals surface area contributed by atoms with Gasteiger partial charge in [0, 0.05) is 18.5 Å². The van der Waals surface area contributed by atoms with Gasteiger partial charge in [0.1, 0.15) is 0 Å². The summed E-state index contributed by atoms with van der Waals surface area (Å²) in [4.78, 5) is 10.3. The number of hydrogen-bond acceptors (Lipinski definition) is 3. The summed E-state index contributed by atoms with van der Waals surface area (Å²) in [5, 5.41) is 14.8. The molecule has 0 aliphatic rings. The van der Waals surface area contributed by atoms with Gasteiger partial charge in [0.2, 0.25) is 0 Å². The highest BCUT2D eigenvalue weighted by Crippen LogP contribution is 2.23. The molecule has 0 spiro atoms. The van der Waals surface area contributed by atoms with Crippen LogP contribution in [0.25, 0.3) is 5.69 Å². The molecule has 5 nitrogen and oxygen atoms in total. The number of hydrogen-bond donors (Lipinski definition) is 0. The minimum atomic E-state index is -0.387. The predicted octanol–water partition coefficient (Wildman–Crippen LogP) is 2.09. The summed E-state index contributed by atoms with van der Waals surface area (Å²) >= 11 is 0. The van der Waals surface area contributed by atoms with Gasteiger partial charge in [-0.15, -0.1) is 0 Å². The zero-order valence-electron chi connectivity index (χ0n) is 8.12. The first kappa shape index (κ1) is 9.39. The van der Waals surface area contributed by atoms with Crippen molar-refractivity contribution in [3.8, 4) is 5.69 Å². The van der Waals surface area contributed by atoms with Crippen LogP contribution in [0, 0.1) is 17.0 Å². The van der Waals surface area contributed by atoms with Crippen LogP contribution in [-0.2, 0) is 0 Å². The molecule has 0 fully saturated rings. The smallest absolute Gasteiger partial charge is 0.258 e. The highest BCUT2D eigenvalue weighted by Gasteiger charge is 2.13. The molecule has 1 aromatic carbocycles. The highest BCUT2D eigenvalue weighted by atomic mass is 16.6. The van der Waals surface area contributed by atoms with Gasteiger partial charge in [-0.2, -0.15) is 5.10 Å². The van der Waals surface area contributed by atoms with Crippen LogP contribution in [0.3, 0.4) is 0 Å². The molecule has 0 bridgehead atoms. The topological polar surface area (TPSA) is 61.0 Å². The first-order chi connectivity index (χ1) is 7.20. The Morgan fingerprint density at radius 2 is 2.20 bits per heavy atom. The minimum absolute atomic E-state index is 0.114. The molecule has 0 saturated heterocycles. The van der Waals surface area contributed by atoms with Crippen LogP contribution in [0.5, 0.6) is 0 Å². The van der Waals surface area contributed by atoms with Gasteiger partial charge in [-0.3, -0.25) is 10.1 Å². The van der Waals surface area contributed by atoms with Gasteiger partial charge in [0.25, 0.3) is 5.69 Å². The third-order valence-corrected chi connectivity index (χ3v) is 2.22. The van der Waals surface area contributed by atoms with Crippen LogP contribution in [0.4, 0.5) is 5.69 Å². The summed E-state index contributed by atoms with van der Waals surface area (Å²) in [7, 11) is 0. The van der Waals surface area contributed by atoms with Crippen molar-refractivity contribution in [3.63, 3.8) is 0 Å². The second-order valence-corrected chi connectivity index (χ2v) is 3.13. The van der Waals surface area contributed by atoms with Gasteiger partial charge in [0.15, 0.2) is 0 Å². The van der Waals surface area contributed by atoms with Crippen LogP contribution in [0.15, 0.2) is 36.7 Å². The lowest BCUT2D eigenvalue weighted by Crippen LogP contribution is -2.00. The number of nitrogens with zero attached hydrogens (tertiary/aromatic N) is 3. The average molecular weight is 203 g/mol. The summed E-state index contributed by atoms with van der Waals surface area (Å²) in [5.74, 6) is 0. The van der Waals surface area contributed by atoms with Gasteiger partial charge >= 0.3 is 0 Å². The lowest BCUT2D eigenvalue weighted by Gasteiger charge is -2.05. The molecule has 0 radical (unpaired) electrons. The summed E-state index contributed by atoms with van der Waals surface area (Å²) in [6.45, 7) is 1.72. The van der Waals surface area contributed by atoms with E-state index in [9.17, 15) is 10.1 Å². The maximum absolute atomic E-state index is 10.7. The number of rotatable bonds is 2. The van der Waals surface area contributed by atoms with Crippen LogP contribution in [-0.4, -0.2) is 14.7 Å². The van der Waals surface area contributed by atoms with Crippen molar-refractivity contribution in [2.45, 2.75) is 6.92 Å². The normalized spacial score (nSPS) is 10.2. The molecule has 15 heavy (non-hydrogen) atoms. The lowest BCUT2D eigenvalue weighted by atomic mass is 10.1. The second kappa shape index (κ2) is 3.53. The van der Waals surface area contributed by atoms with E-state index in [2.05, 4.69) is 5.10 Å². The number of nitro benzene ring substituents is 1. The summed E-state index contributed by atoms with van der Waals surface area (Å²) in [6, 6.07) is 6.72. The van der Waals surface area contributed by atoms with Gasteiger partial charge < -0.3 is 0 Å². The monoisotopic (exact) mass is 203 g/mol. The van der Waals surface area contributed by atoms with Crippen LogP contribution in [0.2, 0.25) is 0 Å². The molecule has 5 heteroatoms. The fraction of sp³-hybridized carbons (Fsp3) is 0.100. The maximum atomic E-state index is 10.7. The van der Waals surface area contributed by atoms with E-state index in [1.807, 2.05) is 0 Å². The molecule has 76 valence electrons. The SMILES string of the molecule is Cc1c(-n2cccn2)cccc1[N+](=O)[O-]. The third-order valence-electron chi connectivity index (χ3n) is 2.22. The first-order valence-corrected chi connectivity index (χ1v) is 4.44. The van der Waals surface area contributed by atoms with Crippen LogP contribution < -0.4 is 0 Å². The van der Waals surface area contributed by atoms with Gasteiger partial charge in [0.05, 0.1) is 16.2 Å². The van der Waals surface area contributed by atoms with E-state index in [-0.39, 0.29) is 10.6 Å². The maximum Gasteiger partial charge on any atom is 0.274 e. The summed E-state index contributed by atoms with van der Waals surface area (Å²) < 4.78 is 1.61. The van der Waals surface area contributed by atoms with E-state index in [0.717, 1.165) is 5.69 Å². The fourth-order valence-electron chi connectivity index (χ4n) is 1.47. The molecule has 0 unspecified atom stereocenters. The van der Waals surface area contributed by atoms with Crippen molar-refractivity contribution < 1.29 is 4.92 Å². The zero-order valence-corrected chi connectivity index (χ0v) is 8.12. The summed E-state index contributed by atoms with van der Waals surface area (Å²) in [6.07, 6.45) is 3.39. The van der Waals surface area contributed by atoms with Crippen molar-refractivity contribution in [1.29, 1.82) is 0 Å². The molecule has 0 aliphatic carbocycles. The highest BCUT2D eigenvalue weighted by molar-refractivity contribution is 5.52. The van der Waals surface area contributed by atoms with Crippen molar-refractivity contribution in [3.05, 3.63) is 52.3 Å². The summed E-state index contributed by atoms with van der Waals surface area (Å²) in [5.41, 5.74) is 1.46. The Morgan fingerprint density at radius 3 is 2.80 bits per heavy atom. The van der Waals surface area contributed by atoms with E-state index in [1.54, 1.807) is 42.2 Å². The first-order valence-electron chi connectivity index (χ1n) is 4.44. The molecular weight excluding hydrogens is 194 g/mol. The molecule has 1 aromatic heterocycles. The van der Waals surface area contributed by atoms with Gasteiger partial charge in [-0.25, -0.2) is 4.68 Å².